The van der Waals surface area contributed by atoms with Gasteiger partial charge in [-0.15, -0.1) is 11.3 Å². The molecule has 0 aliphatic heterocycles. The van der Waals surface area contributed by atoms with Gasteiger partial charge in [0.15, 0.2) is 28.9 Å². The van der Waals surface area contributed by atoms with Gasteiger partial charge in [-0.2, -0.15) is 0 Å². The summed E-state index contributed by atoms with van der Waals surface area (Å²) >= 11 is 1.75. The van der Waals surface area contributed by atoms with Crippen molar-refractivity contribution < 1.29 is 8.83 Å². The SMILES string of the molecule is c1ccc(-c2nc(-c3ccc4c(c3)oc3ccccc34)nc(-c3cccc4sc5ccc(-c6nc(-c7ccccc7)c7oc8ccccc8c7n6)cc5c34)n2)cc1. The van der Waals surface area contributed by atoms with Crippen molar-refractivity contribution in [3.63, 3.8) is 0 Å². The maximum atomic E-state index is 6.38. The summed E-state index contributed by atoms with van der Waals surface area (Å²) in [6.07, 6.45) is 0. The third kappa shape index (κ3) is 5.15. The Balaban J connectivity index is 1.06. The molecule has 0 unspecified atom stereocenters. The van der Waals surface area contributed by atoms with E-state index < -0.39 is 0 Å². The molecule has 0 N–H and O–H groups in total. The van der Waals surface area contributed by atoms with E-state index in [0.717, 1.165) is 92.1 Å². The Bertz CT molecular complexity index is 3540. The zero-order valence-electron chi connectivity index (χ0n) is 30.0. The van der Waals surface area contributed by atoms with Crippen LogP contribution >= 0.6 is 11.3 Å². The Labute approximate surface area is 328 Å². The van der Waals surface area contributed by atoms with Crippen molar-refractivity contribution >= 4 is 75.5 Å². The maximum Gasteiger partial charge on any atom is 0.180 e. The Hall–Kier alpha value is -7.55. The van der Waals surface area contributed by atoms with Crippen molar-refractivity contribution in [3.8, 4) is 56.8 Å². The average molecular weight is 750 g/mol. The molecule has 0 saturated heterocycles. The number of fused-ring (bicyclic) bond motifs is 9. The summed E-state index contributed by atoms with van der Waals surface area (Å²) in [5.41, 5.74) is 9.19. The molecule has 0 aliphatic rings. The van der Waals surface area contributed by atoms with Crippen LogP contribution in [0.3, 0.4) is 0 Å². The molecule has 0 aliphatic carbocycles. The minimum atomic E-state index is 0.570. The van der Waals surface area contributed by atoms with Gasteiger partial charge in [-0.05, 0) is 54.6 Å². The van der Waals surface area contributed by atoms with Gasteiger partial charge in [-0.3, -0.25) is 0 Å². The first kappa shape index (κ1) is 31.8. The highest BCUT2D eigenvalue weighted by Crippen LogP contribution is 2.42. The van der Waals surface area contributed by atoms with Crippen LogP contribution in [0.4, 0.5) is 0 Å². The van der Waals surface area contributed by atoms with Crippen molar-refractivity contribution in [2.24, 2.45) is 0 Å². The largest absolute Gasteiger partial charge is 0.456 e. The van der Waals surface area contributed by atoms with E-state index in [1.54, 1.807) is 11.3 Å². The summed E-state index contributed by atoms with van der Waals surface area (Å²) < 4.78 is 14.9. The van der Waals surface area contributed by atoms with E-state index in [2.05, 4.69) is 72.8 Å². The lowest BCUT2D eigenvalue weighted by Gasteiger charge is -2.10. The number of thiophene rings is 1. The standard InChI is InChI=1S/C49H27N5O2S/c1-3-12-28(13-4-1)43-45-44(34-17-8-10-20-38(34)56-45)51-47(50-43)30-23-25-40-36(26-30)42-35(18-11-21-41(42)57-40)49-53-46(29-14-5-2-6-15-29)52-48(54-49)31-22-24-33-32-16-7-9-19-37(32)55-39(33)27-31/h1-27H. The van der Waals surface area contributed by atoms with Gasteiger partial charge >= 0.3 is 0 Å². The summed E-state index contributed by atoms with van der Waals surface area (Å²) in [6.45, 7) is 0. The lowest BCUT2D eigenvalue weighted by molar-refractivity contribution is 0.667. The van der Waals surface area contributed by atoms with Crippen LogP contribution < -0.4 is 0 Å². The van der Waals surface area contributed by atoms with Crippen molar-refractivity contribution in [1.29, 1.82) is 0 Å². The molecule has 0 radical (unpaired) electrons. The van der Waals surface area contributed by atoms with Crippen molar-refractivity contribution in [2.45, 2.75) is 0 Å². The van der Waals surface area contributed by atoms with Crippen molar-refractivity contribution in [1.82, 2.24) is 24.9 Å². The normalized spacial score (nSPS) is 11.9. The molecular formula is C49H27N5O2S. The lowest BCUT2D eigenvalue weighted by Crippen LogP contribution is -2.00. The number of nitrogens with zero attached hydrogens (tertiary/aromatic N) is 5. The highest BCUT2D eigenvalue weighted by atomic mass is 32.1. The summed E-state index contributed by atoms with van der Waals surface area (Å²) in [6, 6.07) is 55.3. The van der Waals surface area contributed by atoms with E-state index in [1.807, 2.05) is 91.0 Å². The molecule has 0 atom stereocenters. The second kappa shape index (κ2) is 12.5. The third-order valence-corrected chi connectivity index (χ3v) is 11.7. The highest BCUT2D eigenvalue weighted by Gasteiger charge is 2.21. The number of para-hydroxylation sites is 2. The van der Waals surface area contributed by atoms with Gasteiger partial charge in [0.05, 0.1) is 0 Å². The van der Waals surface area contributed by atoms with Crippen LogP contribution in [0.25, 0.3) is 121 Å². The molecule has 266 valence electrons. The Kier molecular flexibility index (Phi) is 6.96. The van der Waals surface area contributed by atoms with Crippen LogP contribution in [-0.2, 0) is 0 Å². The molecule has 8 heteroatoms. The molecule has 7 aromatic carbocycles. The average Bonchev–Trinajstić information content (AvgIpc) is 3.97. The number of aromatic nitrogens is 5. The number of hydrogen-bond donors (Lipinski definition) is 0. The lowest BCUT2D eigenvalue weighted by atomic mass is 10.0. The Morgan fingerprint density at radius 2 is 1.00 bits per heavy atom. The molecule has 0 saturated carbocycles. The summed E-state index contributed by atoms with van der Waals surface area (Å²) in [4.78, 5) is 25.7. The first-order valence-corrected chi connectivity index (χ1v) is 19.5. The Morgan fingerprint density at radius 1 is 0.368 bits per heavy atom. The van der Waals surface area contributed by atoms with Crippen LogP contribution in [0, 0.1) is 0 Å². The molecular weight excluding hydrogens is 723 g/mol. The molecule has 12 rings (SSSR count). The summed E-state index contributed by atoms with van der Waals surface area (Å²) in [7, 11) is 0. The fourth-order valence-electron chi connectivity index (χ4n) is 7.87. The molecule has 7 nitrogen and oxygen atoms in total. The molecule has 5 heterocycles. The monoisotopic (exact) mass is 749 g/mol. The predicted molar refractivity (Wildman–Crippen MR) is 230 cm³/mol. The van der Waals surface area contributed by atoms with Gasteiger partial charge in [-0.1, -0.05) is 109 Å². The van der Waals surface area contributed by atoms with E-state index in [0.29, 0.717) is 28.9 Å². The second-order valence-electron chi connectivity index (χ2n) is 14.0. The molecule has 0 spiro atoms. The fraction of sp³-hybridized carbons (Fsp3) is 0. The van der Waals surface area contributed by atoms with Gasteiger partial charge in [0.25, 0.3) is 0 Å². The van der Waals surface area contributed by atoms with Crippen LogP contribution in [0.15, 0.2) is 173 Å². The summed E-state index contributed by atoms with van der Waals surface area (Å²) in [5, 5.41) is 5.24. The number of hydrogen-bond acceptors (Lipinski definition) is 8. The first-order valence-electron chi connectivity index (χ1n) is 18.7. The van der Waals surface area contributed by atoms with Crippen molar-refractivity contribution in [2.75, 3.05) is 0 Å². The van der Waals surface area contributed by atoms with Crippen LogP contribution in [0.1, 0.15) is 0 Å². The maximum absolute atomic E-state index is 6.38. The molecule has 57 heavy (non-hydrogen) atoms. The topological polar surface area (TPSA) is 90.7 Å². The minimum absolute atomic E-state index is 0.570. The van der Waals surface area contributed by atoms with E-state index in [1.165, 1.54) is 0 Å². The van der Waals surface area contributed by atoms with Crippen molar-refractivity contribution in [3.05, 3.63) is 164 Å². The fourth-order valence-corrected chi connectivity index (χ4v) is 8.98. The van der Waals surface area contributed by atoms with Crippen LogP contribution in [0.5, 0.6) is 0 Å². The second-order valence-corrected chi connectivity index (χ2v) is 15.1. The number of rotatable bonds is 5. The van der Waals surface area contributed by atoms with Gasteiger partial charge in [-0.25, -0.2) is 24.9 Å². The quantitative estimate of drug-likeness (QED) is 0.173. The summed E-state index contributed by atoms with van der Waals surface area (Å²) in [5.74, 6) is 2.38. The highest BCUT2D eigenvalue weighted by molar-refractivity contribution is 7.26. The molecule has 0 fully saturated rings. The number of benzene rings is 7. The van der Waals surface area contributed by atoms with Crippen LogP contribution in [-0.4, -0.2) is 24.9 Å². The molecule has 12 aromatic rings. The van der Waals surface area contributed by atoms with E-state index in [9.17, 15) is 0 Å². The smallest absolute Gasteiger partial charge is 0.180 e. The van der Waals surface area contributed by atoms with Gasteiger partial charge in [0, 0.05) is 64.1 Å². The van der Waals surface area contributed by atoms with Gasteiger partial charge < -0.3 is 8.83 Å². The van der Waals surface area contributed by atoms with E-state index >= 15 is 0 Å². The van der Waals surface area contributed by atoms with E-state index in [4.69, 9.17) is 33.8 Å². The van der Waals surface area contributed by atoms with Gasteiger partial charge in [0.1, 0.15) is 28.0 Å². The third-order valence-electron chi connectivity index (χ3n) is 10.6. The molecule has 0 amide bonds. The molecule has 0 bridgehead atoms. The number of furan rings is 2. The molecule has 5 aromatic heterocycles. The predicted octanol–water partition coefficient (Wildman–Crippen LogP) is 13.2. The zero-order chi connectivity index (χ0) is 37.5. The Morgan fingerprint density at radius 3 is 1.82 bits per heavy atom. The zero-order valence-corrected chi connectivity index (χ0v) is 30.9. The van der Waals surface area contributed by atoms with Gasteiger partial charge in [0.2, 0.25) is 0 Å². The minimum Gasteiger partial charge on any atom is -0.456 e. The van der Waals surface area contributed by atoms with Crippen LogP contribution in [0.2, 0.25) is 0 Å². The first-order chi connectivity index (χ1) is 28.2. The van der Waals surface area contributed by atoms with E-state index in [-0.39, 0.29) is 0 Å².